The number of rotatable bonds is 1. The number of hydrogen-bond donors (Lipinski definition) is 0. The Labute approximate surface area is 139 Å². The summed E-state index contributed by atoms with van der Waals surface area (Å²) in [5.74, 6) is 0.602. The van der Waals surface area contributed by atoms with Gasteiger partial charge in [-0.15, -0.1) is 0 Å². The summed E-state index contributed by atoms with van der Waals surface area (Å²) in [6.07, 6.45) is 4.50. The van der Waals surface area contributed by atoms with Crippen molar-refractivity contribution < 1.29 is 8.83 Å². The maximum atomic E-state index is 6.02. The molecular weight excluding hydrogens is 300 g/mol. The van der Waals surface area contributed by atoms with Crippen LogP contribution < -0.4 is 4.90 Å². The molecule has 2 aromatic carbocycles. The van der Waals surface area contributed by atoms with Gasteiger partial charge in [-0.1, -0.05) is 18.2 Å². The van der Waals surface area contributed by atoms with Crippen molar-refractivity contribution in [3.05, 3.63) is 54.4 Å². The van der Waals surface area contributed by atoms with Gasteiger partial charge >= 0.3 is 0 Å². The van der Waals surface area contributed by atoms with E-state index in [-0.39, 0.29) is 0 Å². The van der Waals surface area contributed by atoms with Crippen LogP contribution in [0.25, 0.3) is 33.1 Å². The minimum Gasteiger partial charge on any atom is -0.425 e. The van der Waals surface area contributed by atoms with Crippen molar-refractivity contribution in [3.8, 4) is 0 Å². The quantitative estimate of drug-likeness (QED) is 0.482. The fourth-order valence-electron chi connectivity index (χ4n) is 3.59. The molecule has 120 valence electrons. The van der Waals surface area contributed by atoms with Crippen molar-refractivity contribution in [3.63, 3.8) is 0 Å². The number of hydrogen-bond acceptors (Lipinski definition) is 4. The van der Waals surface area contributed by atoms with Crippen molar-refractivity contribution in [2.45, 2.75) is 20.0 Å². The van der Waals surface area contributed by atoms with Crippen molar-refractivity contribution >= 4 is 38.8 Å². The Balaban J connectivity index is 1.77. The molecule has 0 unspecified atom stereocenters. The van der Waals surface area contributed by atoms with Gasteiger partial charge < -0.3 is 18.6 Å². The van der Waals surface area contributed by atoms with Gasteiger partial charge in [0.25, 0.3) is 5.78 Å². The standard InChI is InChI=1S/C20H18N2O2/c1-12-10-15-18(11-16(12)22-9-8-21(3)13(22)2)24-20-19(15)14-6-4-5-7-17(14)23-20/h4-11,13H,1-3H3/t13-/m0/s1. The van der Waals surface area contributed by atoms with Gasteiger partial charge in [-0.3, -0.25) is 0 Å². The lowest BCUT2D eigenvalue weighted by atomic mass is 10.1. The van der Waals surface area contributed by atoms with Crippen molar-refractivity contribution in [1.82, 2.24) is 4.90 Å². The van der Waals surface area contributed by atoms with Gasteiger partial charge in [-0.25, -0.2) is 0 Å². The van der Waals surface area contributed by atoms with Crippen LogP contribution in [-0.4, -0.2) is 18.1 Å². The van der Waals surface area contributed by atoms with Crippen molar-refractivity contribution in [2.24, 2.45) is 0 Å². The highest BCUT2D eigenvalue weighted by Crippen LogP contribution is 2.40. The van der Waals surface area contributed by atoms with Crippen LogP contribution in [0, 0.1) is 6.92 Å². The van der Waals surface area contributed by atoms with Gasteiger partial charge in [0.05, 0.1) is 5.39 Å². The molecule has 0 amide bonds. The molecule has 0 spiro atoms. The number of furan rings is 2. The molecule has 0 radical (unpaired) electrons. The second-order valence-electron chi connectivity index (χ2n) is 6.50. The molecule has 1 atom stereocenters. The van der Waals surface area contributed by atoms with E-state index in [1.54, 1.807) is 0 Å². The summed E-state index contributed by atoms with van der Waals surface area (Å²) in [6, 6.07) is 12.4. The molecule has 24 heavy (non-hydrogen) atoms. The van der Waals surface area contributed by atoms with E-state index in [9.17, 15) is 0 Å². The van der Waals surface area contributed by atoms with Crippen LogP contribution in [0.5, 0.6) is 0 Å². The summed E-state index contributed by atoms with van der Waals surface area (Å²) in [5.41, 5.74) is 4.12. The van der Waals surface area contributed by atoms with Crippen molar-refractivity contribution in [2.75, 3.05) is 11.9 Å². The molecule has 0 bridgehead atoms. The maximum absolute atomic E-state index is 6.02. The van der Waals surface area contributed by atoms with Gasteiger partial charge in [0, 0.05) is 42.0 Å². The minimum absolute atomic E-state index is 0.292. The molecule has 3 heterocycles. The Morgan fingerprint density at radius 1 is 0.958 bits per heavy atom. The molecule has 4 heteroatoms. The maximum Gasteiger partial charge on any atom is 0.299 e. The van der Waals surface area contributed by atoms with Gasteiger partial charge in [0.1, 0.15) is 17.3 Å². The first-order valence-corrected chi connectivity index (χ1v) is 8.16. The average molecular weight is 318 g/mol. The summed E-state index contributed by atoms with van der Waals surface area (Å²) in [6.45, 7) is 4.33. The van der Waals surface area contributed by atoms with Gasteiger partial charge in [0.2, 0.25) is 0 Å². The third-order valence-corrected chi connectivity index (χ3v) is 5.07. The number of para-hydroxylation sites is 1. The molecule has 4 nitrogen and oxygen atoms in total. The first kappa shape index (κ1) is 13.5. The Morgan fingerprint density at radius 3 is 2.54 bits per heavy atom. The molecule has 0 fully saturated rings. The normalized spacial score (nSPS) is 17.9. The topological polar surface area (TPSA) is 32.8 Å². The first-order valence-electron chi connectivity index (χ1n) is 8.16. The fraction of sp³-hybridized carbons (Fsp3) is 0.200. The van der Waals surface area contributed by atoms with E-state index in [0.29, 0.717) is 11.9 Å². The summed E-state index contributed by atoms with van der Waals surface area (Å²) < 4.78 is 11.9. The molecule has 0 saturated heterocycles. The summed E-state index contributed by atoms with van der Waals surface area (Å²) >= 11 is 0. The zero-order valence-electron chi connectivity index (χ0n) is 13.9. The first-order chi connectivity index (χ1) is 11.6. The van der Waals surface area contributed by atoms with Gasteiger partial charge in [0.15, 0.2) is 0 Å². The molecule has 1 aliphatic rings. The van der Waals surface area contributed by atoms with E-state index in [4.69, 9.17) is 8.83 Å². The lowest BCUT2D eigenvalue weighted by Crippen LogP contribution is -2.33. The summed E-state index contributed by atoms with van der Waals surface area (Å²) in [7, 11) is 2.08. The lowest BCUT2D eigenvalue weighted by molar-refractivity contribution is 0.383. The Morgan fingerprint density at radius 2 is 1.75 bits per heavy atom. The largest absolute Gasteiger partial charge is 0.425 e. The van der Waals surface area contributed by atoms with E-state index in [2.05, 4.69) is 61.3 Å². The van der Waals surface area contributed by atoms with Crippen molar-refractivity contribution in [1.29, 1.82) is 0 Å². The second kappa shape index (κ2) is 4.57. The van der Waals surface area contributed by atoms with E-state index in [1.165, 1.54) is 5.56 Å². The Kier molecular flexibility index (Phi) is 2.58. The highest BCUT2D eigenvalue weighted by Gasteiger charge is 2.23. The number of benzene rings is 2. The van der Waals surface area contributed by atoms with E-state index >= 15 is 0 Å². The molecule has 5 rings (SSSR count). The summed E-state index contributed by atoms with van der Waals surface area (Å²) in [5, 5.41) is 3.28. The number of anilines is 1. The van der Waals surface area contributed by atoms with Crippen LogP contribution in [0.2, 0.25) is 0 Å². The predicted octanol–water partition coefficient (Wildman–Crippen LogP) is 5.21. The molecule has 4 aromatic rings. The van der Waals surface area contributed by atoms with Crippen LogP contribution >= 0.6 is 0 Å². The Bertz CT molecular complexity index is 1120. The molecule has 2 aromatic heterocycles. The molecule has 1 aliphatic heterocycles. The number of fused-ring (bicyclic) bond motifs is 5. The lowest BCUT2D eigenvalue weighted by Gasteiger charge is -2.28. The molecule has 0 N–H and O–H groups in total. The van der Waals surface area contributed by atoms with Gasteiger partial charge in [-0.05, 0) is 31.5 Å². The molecular formula is C20H18N2O2. The average Bonchev–Trinajstić information content (AvgIpc) is 3.20. The SMILES string of the molecule is Cc1cc2c(cc1N1C=CN(C)[C@@H]1C)oc1oc3ccccc3c12. The monoisotopic (exact) mass is 318 g/mol. The zero-order valence-corrected chi connectivity index (χ0v) is 13.9. The highest BCUT2D eigenvalue weighted by molar-refractivity contribution is 6.17. The zero-order chi connectivity index (χ0) is 16.4. The smallest absolute Gasteiger partial charge is 0.299 e. The van der Waals surface area contributed by atoms with Crippen LogP contribution in [-0.2, 0) is 0 Å². The second-order valence-corrected chi connectivity index (χ2v) is 6.50. The Hall–Kier alpha value is -2.88. The third-order valence-electron chi connectivity index (χ3n) is 5.07. The fourth-order valence-corrected chi connectivity index (χ4v) is 3.59. The third kappa shape index (κ3) is 1.68. The summed E-state index contributed by atoms with van der Waals surface area (Å²) in [4.78, 5) is 4.45. The van der Waals surface area contributed by atoms with E-state index < -0.39 is 0 Å². The molecule has 0 saturated carbocycles. The van der Waals surface area contributed by atoms with E-state index in [1.807, 2.05) is 18.2 Å². The van der Waals surface area contributed by atoms with Crippen LogP contribution in [0.1, 0.15) is 12.5 Å². The number of nitrogens with zero attached hydrogens (tertiary/aromatic N) is 2. The van der Waals surface area contributed by atoms with Crippen LogP contribution in [0.15, 0.2) is 57.6 Å². The molecule has 0 aliphatic carbocycles. The minimum atomic E-state index is 0.292. The van der Waals surface area contributed by atoms with Crippen LogP contribution in [0.4, 0.5) is 5.69 Å². The van der Waals surface area contributed by atoms with E-state index in [0.717, 1.165) is 33.0 Å². The number of aryl methyl sites for hydroxylation is 1. The highest BCUT2D eigenvalue weighted by atomic mass is 16.5. The van der Waals surface area contributed by atoms with Gasteiger partial charge in [-0.2, -0.15) is 0 Å². The van der Waals surface area contributed by atoms with Crippen LogP contribution in [0.3, 0.4) is 0 Å². The predicted molar refractivity (Wildman–Crippen MR) is 97.1 cm³/mol.